The lowest BCUT2D eigenvalue weighted by atomic mass is 9.92. The van der Waals surface area contributed by atoms with Crippen LogP contribution in [0.2, 0.25) is 0 Å². The number of nitrogens with zero attached hydrogens (tertiary/aromatic N) is 3. The number of carboxylic acids is 1. The van der Waals surface area contributed by atoms with Crippen LogP contribution in [0, 0.1) is 0 Å². The maximum absolute atomic E-state index is 12.4. The Balaban J connectivity index is 1.77. The van der Waals surface area contributed by atoms with Gasteiger partial charge in [0.05, 0.1) is 12.3 Å². The van der Waals surface area contributed by atoms with Crippen molar-refractivity contribution in [3.8, 4) is 0 Å². The molecule has 3 rings (SSSR count). The van der Waals surface area contributed by atoms with Crippen LogP contribution in [0.5, 0.6) is 0 Å². The van der Waals surface area contributed by atoms with Gasteiger partial charge in [0, 0.05) is 30.8 Å². The summed E-state index contributed by atoms with van der Waals surface area (Å²) in [6.45, 7) is 5.33. The average Bonchev–Trinajstić information content (AvgIpc) is 3.12. The zero-order chi connectivity index (χ0) is 18.2. The number of aliphatic carboxylic acids is 1. The third-order valence-electron chi connectivity index (χ3n) is 4.15. The van der Waals surface area contributed by atoms with Gasteiger partial charge < -0.3 is 14.7 Å². The Kier molecular flexibility index (Phi) is 4.14. The molecular weight excluding hydrogens is 326 g/mol. The third kappa shape index (κ3) is 3.57. The molecule has 25 heavy (non-hydrogen) atoms. The predicted octanol–water partition coefficient (Wildman–Crippen LogP) is 2.04. The second-order valence-corrected chi connectivity index (χ2v) is 7.40. The highest BCUT2D eigenvalue weighted by Crippen LogP contribution is 2.39. The molecule has 2 atom stereocenters. The van der Waals surface area contributed by atoms with Crippen LogP contribution < -0.4 is 0 Å². The number of likely N-dealkylation sites (tertiary alicyclic amines) is 1. The summed E-state index contributed by atoms with van der Waals surface area (Å²) in [5.41, 5.74) is -0.0280. The molecule has 8 nitrogen and oxygen atoms in total. The Morgan fingerprint density at radius 1 is 1.44 bits per heavy atom. The van der Waals surface area contributed by atoms with E-state index in [-0.39, 0.29) is 13.0 Å². The molecule has 1 fully saturated rings. The van der Waals surface area contributed by atoms with Gasteiger partial charge in [-0.2, -0.15) is 0 Å². The van der Waals surface area contributed by atoms with Gasteiger partial charge in [-0.1, -0.05) is 5.16 Å². The number of carboxylic acid groups (broad SMARTS) is 1. The molecule has 1 N–H and O–H groups in total. The molecule has 2 aliphatic rings. The van der Waals surface area contributed by atoms with Crippen molar-refractivity contribution in [3.63, 3.8) is 0 Å². The fraction of sp³-hybridized carbons (Fsp3) is 0.529. The molecule has 1 unspecified atom stereocenters. The number of aromatic nitrogens is 1. The van der Waals surface area contributed by atoms with E-state index in [2.05, 4.69) is 10.1 Å². The summed E-state index contributed by atoms with van der Waals surface area (Å²) in [7, 11) is 0. The van der Waals surface area contributed by atoms with Crippen LogP contribution in [0.3, 0.4) is 0 Å². The molecule has 1 spiro atoms. The first-order valence-corrected chi connectivity index (χ1v) is 8.07. The van der Waals surface area contributed by atoms with E-state index in [4.69, 9.17) is 9.57 Å². The maximum Gasteiger partial charge on any atom is 0.411 e. The van der Waals surface area contributed by atoms with Crippen molar-refractivity contribution in [2.75, 3.05) is 6.54 Å². The first-order chi connectivity index (χ1) is 11.7. The van der Waals surface area contributed by atoms with Crippen molar-refractivity contribution < 1.29 is 24.3 Å². The lowest BCUT2D eigenvalue weighted by molar-refractivity contribution is -0.142. The van der Waals surface area contributed by atoms with Crippen molar-refractivity contribution in [2.45, 2.75) is 50.9 Å². The molecule has 2 aliphatic heterocycles. The minimum absolute atomic E-state index is 0.117. The van der Waals surface area contributed by atoms with Gasteiger partial charge in [-0.15, -0.1) is 0 Å². The quantitative estimate of drug-likeness (QED) is 0.878. The topological polar surface area (TPSA) is 101 Å². The van der Waals surface area contributed by atoms with Gasteiger partial charge in [0.25, 0.3) is 0 Å². The molecule has 1 aromatic rings. The first-order valence-electron chi connectivity index (χ1n) is 8.07. The van der Waals surface area contributed by atoms with Crippen LogP contribution in [0.25, 0.3) is 0 Å². The van der Waals surface area contributed by atoms with Gasteiger partial charge in [0.15, 0.2) is 5.60 Å². The summed E-state index contributed by atoms with van der Waals surface area (Å²) in [5.74, 6) is -1.08. The number of rotatable bonds is 2. The Bertz CT molecular complexity index is 713. The summed E-state index contributed by atoms with van der Waals surface area (Å²) < 4.78 is 5.34. The zero-order valence-electron chi connectivity index (χ0n) is 14.4. The summed E-state index contributed by atoms with van der Waals surface area (Å²) in [4.78, 5) is 34.9. The van der Waals surface area contributed by atoms with Crippen LogP contribution >= 0.6 is 0 Å². The van der Waals surface area contributed by atoms with Gasteiger partial charge in [-0.25, -0.2) is 9.59 Å². The monoisotopic (exact) mass is 347 g/mol. The van der Waals surface area contributed by atoms with Crippen LogP contribution in [0.15, 0.2) is 29.7 Å². The summed E-state index contributed by atoms with van der Waals surface area (Å²) in [6, 6.07) is 2.66. The van der Waals surface area contributed by atoms with E-state index in [1.165, 1.54) is 4.90 Å². The minimum Gasteiger partial charge on any atom is -0.480 e. The number of amides is 1. The number of ether oxygens (including phenoxy) is 1. The van der Waals surface area contributed by atoms with Crippen LogP contribution in [-0.2, 0) is 14.4 Å². The number of oxime groups is 1. The Morgan fingerprint density at radius 3 is 2.80 bits per heavy atom. The van der Waals surface area contributed by atoms with Crippen molar-refractivity contribution in [1.29, 1.82) is 0 Å². The molecule has 3 heterocycles. The number of pyridine rings is 1. The minimum atomic E-state index is -1.08. The molecule has 0 bridgehead atoms. The molecule has 0 saturated carbocycles. The Hall–Kier alpha value is -2.64. The van der Waals surface area contributed by atoms with Crippen molar-refractivity contribution in [1.82, 2.24) is 9.88 Å². The van der Waals surface area contributed by atoms with E-state index in [9.17, 15) is 14.7 Å². The molecule has 0 aromatic carbocycles. The first kappa shape index (κ1) is 17.2. The summed E-state index contributed by atoms with van der Waals surface area (Å²) >= 11 is 0. The van der Waals surface area contributed by atoms with E-state index < -0.39 is 29.3 Å². The van der Waals surface area contributed by atoms with E-state index in [0.717, 1.165) is 5.56 Å². The standard InChI is InChI=1S/C17H21N3O5/c1-16(2,3)24-15(23)20-10-17(8-13(20)14(21)22)7-12(19-25-17)11-5-4-6-18-9-11/h4-6,9,13H,7-8,10H2,1-3H3,(H,21,22)/t13?,17-/m1/s1. The lowest BCUT2D eigenvalue weighted by Crippen LogP contribution is -2.44. The van der Waals surface area contributed by atoms with Crippen LogP contribution in [-0.4, -0.2) is 56.6 Å². The van der Waals surface area contributed by atoms with E-state index in [1.807, 2.05) is 6.07 Å². The number of carbonyl (C=O) groups is 2. The van der Waals surface area contributed by atoms with Gasteiger partial charge >= 0.3 is 12.1 Å². The fourth-order valence-corrected chi connectivity index (χ4v) is 3.08. The van der Waals surface area contributed by atoms with Crippen LogP contribution in [0.4, 0.5) is 4.79 Å². The van der Waals surface area contributed by atoms with E-state index in [0.29, 0.717) is 12.1 Å². The predicted molar refractivity (Wildman–Crippen MR) is 88.2 cm³/mol. The molecule has 0 radical (unpaired) electrons. The third-order valence-corrected chi connectivity index (χ3v) is 4.15. The Morgan fingerprint density at radius 2 is 2.20 bits per heavy atom. The highest BCUT2D eigenvalue weighted by atomic mass is 16.7. The number of hydrogen-bond donors (Lipinski definition) is 1. The summed E-state index contributed by atoms with van der Waals surface area (Å²) in [5, 5.41) is 13.6. The average molecular weight is 347 g/mol. The maximum atomic E-state index is 12.4. The molecule has 134 valence electrons. The SMILES string of the molecule is CC(C)(C)OC(=O)N1C[C@@]2(CC(c3cccnc3)=NO2)CC1C(=O)O. The lowest BCUT2D eigenvalue weighted by Gasteiger charge is -2.27. The molecule has 1 amide bonds. The fourth-order valence-electron chi connectivity index (χ4n) is 3.08. The largest absolute Gasteiger partial charge is 0.480 e. The van der Waals surface area contributed by atoms with Gasteiger partial charge in [-0.05, 0) is 32.9 Å². The Labute approximate surface area is 145 Å². The summed E-state index contributed by atoms with van der Waals surface area (Å²) in [6.07, 6.45) is 3.26. The van der Waals surface area contributed by atoms with Gasteiger partial charge in [-0.3, -0.25) is 9.88 Å². The van der Waals surface area contributed by atoms with Crippen molar-refractivity contribution in [2.24, 2.45) is 5.16 Å². The molecule has 8 heteroatoms. The number of carbonyl (C=O) groups excluding carboxylic acids is 1. The van der Waals surface area contributed by atoms with E-state index >= 15 is 0 Å². The highest BCUT2D eigenvalue weighted by molar-refractivity contribution is 6.01. The second-order valence-electron chi connectivity index (χ2n) is 7.40. The van der Waals surface area contributed by atoms with E-state index in [1.54, 1.807) is 39.2 Å². The highest BCUT2D eigenvalue weighted by Gasteiger charge is 2.54. The van der Waals surface area contributed by atoms with Crippen molar-refractivity contribution >= 4 is 17.8 Å². The number of hydrogen-bond acceptors (Lipinski definition) is 6. The van der Waals surface area contributed by atoms with Crippen LogP contribution in [0.1, 0.15) is 39.2 Å². The van der Waals surface area contributed by atoms with Gasteiger partial charge in [0.1, 0.15) is 11.6 Å². The smallest absolute Gasteiger partial charge is 0.411 e. The molecule has 0 aliphatic carbocycles. The zero-order valence-corrected chi connectivity index (χ0v) is 14.4. The molecular formula is C17H21N3O5. The normalized spacial score (nSPS) is 25.6. The van der Waals surface area contributed by atoms with Crippen molar-refractivity contribution in [3.05, 3.63) is 30.1 Å². The molecule has 1 saturated heterocycles. The van der Waals surface area contributed by atoms with Gasteiger partial charge in [0.2, 0.25) is 0 Å². The molecule has 1 aromatic heterocycles. The second kappa shape index (κ2) is 6.02.